The lowest BCUT2D eigenvalue weighted by Gasteiger charge is -2.03. The monoisotopic (exact) mass is 384 g/mol. The topological polar surface area (TPSA) is 95.5 Å². The Bertz CT molecular complexity index is 386. The zero-order chi connectivity index (χ0) is 20.2. The summed E-state index contributed by atoms with van der Waals surface area (Å²) in [4.78, 5) is 30.4. The molecule has 0 aromatic heterocycles. The molecule has 1 aliphatic rings. The fraction of sp³-hybridized carbons (Fsp3) is 0.857. The Balaban J connectivity index is 0.000000797. The second-order valence-electron chi connectivity index (χ2n) is 7.32. The molecule has 0 radical (unpaired) electrons. The molecule has 6 nitrogen and oxygen atoms in total. The molecule has 0 saturated carbocycles. The summed E-state index contributed by atoms with van der Waals surface area (Å²) in [6.45, 7) is 2.39. The largest absolute Gasteiger partial charge is 0.481 e. The van der Waals surface area contributed by atoms with Crippen molar-refractivity contribution in [2.75, 3.05) is 6.54 Å². The Kier molecular flexibility index (Phi) is 18.0. The van der Waals surface area contributed by atoms with E-state index in [4.69, 9.17) is 5.11 Å². The molecule has 158 valence electrons. The number of nitrogens with one attached hydrogen (secondary N) is 2. The average molecular weight is 385 g/mol. The van der Waals surface area contributed by atoms with E-state index in [1.165, 1.54) is 83.5 Å². The van der Waals surface area contributed by atoms with Crippen LogP contribution in [0.2, 0.25) is 0 Å². The molecule has 0 aliphatic carbocycles. The van der Waals surface area contributed by atoms with Crippen LogP contribution in [0.15, 0.2) is 0 Å². The highest BCUT2D eigenvalue weighted by atomic mass is 16.4. The van der Waals surface area contributed by atoms with Crippen LogP contribution in [0.5, 0.6) is 0 Å². The van der Waals surface area contributed by atoms with E-state index in [1.54, 1.807) is 0 Å². The van der Waals surface area contributed by atoms with Gasteiger partial charge in [-0.2, -0.15) is 0 Å². The van der Waals surface area contributed by atoms with Gasteiger partial charge < -0.3 is 10.4 Å². The first-order chi connectivity index (χ1) is 13.1. The van der Waals surface area contributed by atoms with Gasteiger partial charge in [0.1, 0.15) is 0 Å². The minimum absolute atomic E-state index is 0.124. The standard InChI is InChI=1S/C18H36O2.C3H4N2O2/c1-2-3-4-5-6-7-8-9-10-11-12-13-14-15-16-17-18(19)20;6-2-1-4-3(7)5-2/h2-17H2,1H3,(H,19,20);1H2,(H2,4,5,6,7). The fourth-order valence-corrected chi connectivity index (χ4v) is 3.02. The molecule has 0 aromatic carbocycles. The maximum absolute atomic E-state index is 10.3. The number of carbonyl (C=O) groups excluding carboxylic acids is 2. The van der Waals surface area contributed by atoms with Crippen LogP contribution in [0.3, 0.4) is 0 Å². The number of rotatable bonds is 16. The zero-order valence-electron chi connectivity index (χ0n) is 17.2. The van der Waals surface area contributed by atoms with Gasteiger partial charge in [0.2, 0.25) is 5.91 Å². The molecular formula is C21H40N2O4. The zero-order valence-corrected chi connectivity index (χ0v) is 17.2. The van der Waals surface area contributed by atoms with Gasteiger partial charge in [-0.1, -0.05) is 96.8 Å². The molecule has 1 saturated heterocycles. The Morgan fingerprint density at radius 3 is 1.44 bits per heavy atom. The molecule has 1 aliphatic heterocycles. The number of carboxylic acids is 1. The van der Waals surface area contributed by atoms with Crippen molar-refractivity contribution in [1.82, 2.24) is 10.6 Å². The number of carbonyl (C=O) groups is 3. The number of amides is 3. The van der Waals surface area contributed by atoms with Gasteiger partial charge in [0, 0.05) is 6.42 Å². The Labute approximate surface area is 164 Å². The van der Waals surface area contributed by atoms with Crippen molar-refractivity contribution in [3.05, 3.63) is 0 Å². The average Bonchev–Trinajstić information content (AvgIpc) is 3.01. The maximum atomic E-state index is 10.3. The van der Waals surface area contributed by atoms with Crippen molar-refractivity contribution >= 4 is 17.9 Å². The highest BCUT2D eigenvalue weighted by Gasteiger charge is 2.14. The van der Waals surface area contributed by atoms with Gasteiger partial charge in [0.25, 0.3) is 0 Å². The lowest BCUT2D eigenvalue weighted by atomic mass is 10.0. The van der Waals surface area contributed by atoms with E-state index >= 15 is 0 Å². The highest BCUT2D eigenvalue weighted by Crippen LogP contribution is 2.13. The first-order valence-electron chi connectivity index (χ1n) is 10.9. The van der Waals surface area contributed by atoms with Crippen molar-refractivity contribution in [3.63, 3.8) is 0 Å². The molecule has 1 heterocycles. The highest BCUT2D eigenvalue weighted by molar-refractivity contribution is 6.01. The molecule has 0 spiro atoms. The van der Waals surface area contributed by atoms with Gasteiger partial charge in [-0.25, -0.2) is 4.79 Å². The summed E-state index contributed by atoms with van der Waals surface area (Å²) in [5, 5.41) is 12.8. The van der Waals surface area contributed by atoms with Crippen molar-refractivity contribution in [2.24, 2.45) is 0 Å². The molecule has 0 bridgehead atoms. The van der Waals surface area contributed by atoms with Gasteiger partial charge in [-0.05, 0) is 6.42 Å². The number of hydrogen-bond acceptors (Lipinski definition) is 3. The SMILES string of the molecule is CCCCCCCCCCCCCCCCCC(=O)O.O=C1CNC(=O)N1. The summed E-state index contributed by atoms with van der Waals surface area (Å²) >= 11 is 0. The molecule has 3 amide bonds. The van der Waals surface area contributed by atoms with Gasteiger partial charge >= 0.3 is 12.0 Å². The molecule has 0 aromatic rings. The van der Waals surface area contributed by atoms with Gasteiger partial charge in [0.05, 0.1) is 6.54 Å². The summed E-state index contributed by atoms with van der Waals surface area (Å²) in [5.41, 5.74) is 0. The second-order valence-corrected chi connectivity index (χ2v) is 7.32. The molecule has 1 fully saturated rings. The van der Waals surface area contributed by atoms with Crippen LogP contribution in [0.25, 0.3) is 0 Å². The molecule has 1 rings (SSSR count). The number of aliphatic carboxylic acids is 1. The van der Waals surface area contributed by atoms with Crippen LogP contribution >= 0.6 is 0 Å². The molecular weight excluding hydrogens is 344 g/mol. The third-order valence-corrected chi connectivity index (χ3v) is 4.66. The molecule has 27 heavy (non-hydrogen) atoms. The second kappa shape index (κ2) is 19.2. The lowest BCUT2D eigenvalue weighted by molar-refractivity contribution is -0.137. The van der Waals surface area contributed by atoms with E-state index in [0.29, 0.717) is 6.42 Å². The third-order valence-electron chi connectivity index (χ3n) is 4.66. The Hall–Kier alpha value is -1.59. The Morgan fingerprint density at radius 1 is 0.778 bits per heavy atom. The number of hydrogen-bond donors (Lipinski definition) is 3. The molecule has 3 N–H and O–H groups in total. The smallest absolute Gasteiger partial charge is 0.321 e. The van der Waals surface area contributed by atoms with Crippen LogP contribution in [0.4, 0.5) is 4.79 Å². The predicted octanol–water partition coefficient (Wildman–Crippen LogP) is 5.16. The van der Waals surface area contributed by atoms with Gasteiger partial charge in [-0.15, -0.1) is 0 Å². The van der Waals surface area contributed by atoms with Crippen LogP contribution in [-0.2, 0) is 9.59 Å². The van der Waals surface area contributed by atoms with E-state index in [0.717, 1.165) is 12.8 Å². The maximum Gasteiger partial charge on any atom is 0.321 e. The minimum atomic E-state index is -0.653. The molecule has 0 unspecified atom stereocenters. The van der Waals surface area contributed by atoms with E-state index in [-0.39, 0.29) is 12.5 Å². The summed E-state index contributed by atoms with van der Waals surface area (Å²) in [7, 11) is 0. The summed E-state index contributed by atoms with van der Waals surface area (Å²) in [6, 6.07) is -0.398. The van der Waals surface area contributed by atoms with Crippen LogP contribution in [0, 0.1) is 0 Å². The van der Waals surface area contributed by atoms with Crippen LogP contribution < -0.4 is 10.6 Å². The first-order valence-corrected chi connectivity index (χ1v) is 10.9. The predicted molar refractivity (Wildman–Crippen MR) is 109 cm³/mol. The lowest BCUT2D eigenvalue weighted by Crippen LogP contribution is -2.22. The number of imide groups is 1. The number of unbranched alkanes of at least 4 members (excludes halogenated alkanes) is 14. The van der Waals surface area contributed by atoms with E-state index in [2.05, 4.69) is 12.2 Å². The van der Waals surface area contributed by atoms with Crippen molar-refractivity contribution in [3.8, 4) is 0 Å². The minimum Gasteiger partial charge on any atom is -0.481 e. The van der Waals surface area contributed by atoms with Crippen LogP contribution in [0.1, 0.15) is 110 Å². The molecule has 6 heteroatoms. The van der Waals surface area contributed by atoms with Gasteiger partial charge in [0.15, 0.2) is 0 Å². The van der Waals surface area contributed by atoms with E-state index in [9.17, 15) is 14.4 Å². The number of carboxylic acid groups (broad SMARTS) is 1. The van der Waals surface area contributed by atoms with Gasteiger partial charge in [-0.3, -0.25) is 14.9 Å². The quantitative estimate of drug-likeness (QED) is 0.253. The van der Waals surface area contributed by atoms with E-state index < -0.39 is 12.0 Å². The van der Waals surface area contributed by atoms with Crippen molar-refractivity contribution < 1.29 is 19.5 Å². The molecule has 0 atom stereocenters. The first kappa shape index (κ1) is 25.4. The summed E-state index contributed by atoms with van der Waals surface area (Å²) < 4.78 is 0. The third kappa shape index (κ3) is 20.6. The van der Waals surface area contributed by atoms with Crippen molar-refractivity contribution in [2.45, 2.75) is 110 Å². The Morgan fingerprint density at radius 2 is 1.19 bits per heavy atom. The summed E-state index contributed by atoms with van der Waals surface area (Å²) in [6.07, 6.45) is 20.2. The van der Waals surface area contributed by atoms with Crippen LogP contribution in [-0.4, -0.2) is 29.6 Å². The summed E-state index contributed by atoms with van der Waals surface area (Å²) in [5.74, 6) is -0.912. The van der Waals surface area contributed by atoms with E-state index in [1.807, 2.05) is 5.32 Å². The fourth-order valence-electron chi connectivity index (χ4n) is 3.02. The number of urea groups is 1. The normalized spacial score (nSPS) is 12.9. The van der Waals surface area contributed by atoms with Crippen molar-refractivity contribution in [1.29, 1.82) is 0 Å².